The molecule has 30 heavy (non-hydrogen) atoms. The van der Waals surface area contributed by atoms with Gasteiger partial charge in [-0.25, -0.2) is 4.79 Å². The molecule has 2 aromatic rings. The fraction of sp³-hybridized carbons (Fsp3) is 0.476. The SMILES string of the molecule is COc1ccc(NC(=O)N2CCN(c3cnnc(N4CCOCC4)c3)CC2)c(C)c1. The van der Waals surface area contributed by atoms with E-state index in [9.17, 15) is 4.79 Å². The number of hydrogen-bond acceptors (Lipinski definition) is 7. The summed E-state index contributed by atoms with van der Waals surface area (Å²) in [5.74, 6) is 1.66. The minimum absolute atomic E-state index is 0.0789. The third kappa shape index (κ3) is 4.56. The van der Waals surface area contributed by atoms with Crippen LogP contribution in [-0.4, -0.2) is 80.7 Å². The van der Waals surface area contributed by atoms with E-state index in [2.05, 4.69) is 31.4 Å². The Bertz CT molecular complexity index is 879. The summed E-state index contributed by atoms with van der Waals surface area (Å²) < 4.78 is 10.6. The van der Waals surface area contributed by atoms with Crippen LogP contribution in [0.1, 0.15) is 5.56 Å². The molecule has 160 valence electrons. The van der Waals surface area contributed by atoms with Crippen LogP contribution in [0.5, 0.6) is 5.75 Å². The summed E-state index contributed by atoms with van der Waals surface area (Å²) in [4.78, 5) is 19.0. The van der Waals surface area contributed by atoms with Crippen molar-refractivity contribution in [1.82, 2.24) is 15.1 Å². The molecule has 0 radical (unpaired) electrons. The number of nitrogens with zero attached hydrogens (tertiary/aromatic N) is 5. The number of benzene rings is 1. The summed E-state index contributed by atoms with van der Waals surface area (Å²) in [5, 5.41) is 11.5. The van der Waals surface area contributed by atoms with Crippen LogP contribution < -0.4 is 19.9 Å². The first-order valence-electron chi connectivity index (χ1n) is 10.2. The molecule has 2 aliphatic rings. The first-order valence-corrected chi connectivity index (χ1v) is 10.2. The number of ether oxygens (including phenoxy) is 2. The number of aryl methyl sites for hydroxylation is 1. The van der Waals surface area contributed by atoms with Crippen LogP contribution in [0.2, 0.25) is 0 Å². The number of carbonyl (C=O) groups excluding carboxylic acids is 1. The zero-order chi connectivity index (χ0) is 20.9. The molecule has 1 N–H and O–H groups in total. The molecule has 1 aromatic heterocycles. The van der Waals surface area contributed by atoms with E-state index in [1.807, 2.05) is 30.0 Å². The van der Waals surface area contributed by atoms with Gasteiger partial charge in [0.05, 0.1) is 32.2 Å². The first-order chi connectivity index (χ1) is 14.6. The zero-order valence-electron chi connectivity index (χ0n) is 17.5. The van der Waals surface area contributed by atoms with Crippen molar-refractivity contribution in [3.05, 3.63) is 36.0 Å². The first kappa shape index (κ1) is 20.2. The van der Waals surface area contributed by atoms with E-state index in [0.717, 1.165) is 54.7 Å². The summed E-state index contributed by atoms with van der Waals surface area (Å²) in [6, 6.07) is 7.64. The number of piperazine rings is 1. The number of rotatable bonds is 4. The lowest BCUT2D eigenvalue weighted by molar-refractivity contribution is 0.122. The fourth-order valence-corrected chi connectivity index (χ4v) is 3.73. The lowest BCUT2D eigenvalue weighted by atomic mass is 10.2. The van der Waals surface area contributed by atoms with E-state index in [4.69, 9.17) is 9.47 Å². The maximum absolute atomic E-state index is 12.7. The molecule has 2 amide bonds. The van der Waals surface area contributed by atoms with Gasteiger partial charge in [-0.05, 0) is 30.7 Å². The molecule has 0 unspecified atom stereocenters. The molecule has 2 saturated heterocycles. The van der Waals surface area contributed by atoms with E-state index >= 15 is 0 Å². The number of methoxy groups -OCH3 is 1. The number of morpholine rings is 1. The highest BCUT2D eigenvalue weighted by Crippen LogP contribution is 2.23. The predicted octanol–water partition coefficient (Wildman–Crippen LogP) is 1.98. The largest absolute Gasteiger partial charge is 0.497 e. The predicted molar refractivity (Wildman–Crippen MR) is 116 cm³/mol. The van der Waals surface area contributed by atoms with Gasteiger partial charge in [-0.2, -0.15) is 5.10 Å². The Morgan fingerprint density at radius 3 is 2.53 bits per heavy atom. The summed E-state index contributed by atoms with van der Waals surface area (Å²) in [6.07, 6.45) is 1.79. The van der Waals surface area contributed by atoms with Gasteiger partial charge >= 0.3 is 6.03 Å². The van der Waals surface area contributed by atoms with Crippen LogP contribution in [0.3, 0.4) is 0 Å². The highest BCUT2D eigenvalue weighted by molar-refractivity contribution is 5.90. The van der Waals surface area contributed by atoms with Gasteiger partial charge in [0.15, 0.2) is 5.82 Å². The molecule has 0 saturated carbocycles. The third-order valence-electron chi connectivity index (χ3n) is 5.57. The van der Waals surface area contributed by atoms with E-state index in [0.29, 0.717) is 26.3 Å². The maximum Gasteiger partial charge on any atom is 0.321 e. The lowest BCUT2D eigenvalue weighted by Gasteiger charge is -2.36. The van der Waals surface area contributed by atoms with Crippen molar-refractivity contribution in [3.63, 3.8) is 0 Å². The molecule has 0 atom stereocenters. The molecule has 9 heteroatoms. The van der Waals surface area contributed by atoms with Crippen molar-refractivity contribution in [2.75, 3.05) is 74.7 Å². The number of hydrogen-bond donors (Lipinski definition) is 1. The number of amides is 2. The average Bonchev–Trinajstić information content (AvgIpc) is 2.81. The molecule has 0 aliphatic carbocycles. The normalized spacial score (nSPS) is 17.1. The molecule has 3 heterocycles. The molecule has 0 spiro atoms. The van der Waals surface area contributed by atoms with E-state index in [1.165, 1.54) is 0 Å². The maximum atomic E-state index is 12.7. The van der Waals surface area contributed by atoms with E-state index in [1.54, 1.807) is 13.3 Å². The smallest absolute Gasteiger partial charge is 0.321 e. The summed E-state index contributed by atoms with van der Waals surface area (Å²) >= 11 is 0. The van der Waals surface area contributed by atoms with Crippen LogP contribution in [0.15, 0.2) is 30.5 Å². The van der Waals surface area contributed by atoms with Crippen molar-refractivity contribution in [3.8, 4) is 5.75 Å². The number of aromatic nitrogens is 2. The second kappa shape index (κ2) is 9.17. The van der Waals surface area contributed by atoms with Crippen molar-refractivity contribution in [2.45, 2.75) is 6.92 Å². The monoisotopic (exact) mass is 412 g/mol. The molecule has 9 nitrogen and oxygen atoms in total. The fourth-order valence-electron chi connectivity index (χ4n) is 3.73. The Hall–Kier alpha value is -3.07. The van der Waals surface area contributed by atoms with Gasteiger partial charge in [0.1, 0.15) is 5.75 Å². The van der Waals surface area contributed by atoms with E-state index in [-0.39, 0.29) is 6.03 Å². The molecule has 0 bridgehead atoms. The topological polar surface area (TPSA) is 83.1 Å². The highest BCUT2D eigenvalue weighted by atomic mass is 16.5. The Morgan fingerprint density at radius 2 is 1.83 bits per heavy atom. The van der Waals surface area contributed by atoms with Crippen molar-refractivity contribution in [2.24, 2.45) is 0 Å². The molecular weight excluding hydrogens is 384 g/mol. The quantitative estimate of drug-likeness (QED) is 0.822. The van der Waals surface area contributed by atoms with Crippen LogP contribution in [0.25, 0.3) is 0 Å². The Balaban J connectivity index is 1.34. The molecule has 2 fully saturated rings. The van der Waals surface area contributed by atoms with Gasteiger partial charge in [-0.3, -0.25) is 0 Å². The molecule has 4 rings (SSSR count). The van der Waals surface area contributed by atoms with Crippen LogP contribution in [0.4, 0.5) is 22.0 Å². The van der Waals surface area contributed by atoms with Crippen molar-refractivity contribution in [1.29, 1.82) is 0 Å². The Kier molecular flexibility index (Phi) is 6.18. The van der Waals surface area contributed by atoms with Gasteiger partial charge in [0.2, 0.25) is 0 Å². The van der Waals surface area contributed by atoms with Gasteiger partial charge in [-0.15, -0.1) is 5.10 Å². The molecule has 2 aliphatic heterocycles. The Morgan fingerprint density at radius 1 is 1.07 bits per heavy atom. The van der Waals surface area contributed by atoms with Crippen LogP contribution in [-0.2, 0) is 4.74 Å². The number of urea groups is 1. The highest BCUT2D eigenvalue weighted by Gasteiger charge is 2.23. The third-order valence-corrected chi connectivity index (χ3v) is 5.57. The summed E-state index contributed by atoms with van der Waals surface area (Å²) in [6.45, 7) is 7.85. The van der Waals surface area contributed by atoms with Gasteiger partial charge in [0, 0.05) is 51.0 Å². The van der Waals surface area contributed by atoms with Crippen molar-refractivity contribution >= 4 is 23.2 Å². The van der Waals surface area contributed by atoms with Crippen molar-refractivity contribution < 1.29 is 14.3 Å². The van der Waals surface area contributed by atoms with Gasteiger partial charge in [-0.1, -0.05) is 0 Å². The van der Waals surface area contributed by atoms with E-state index < -0.39 is 0 Å². The standard InChI is InChI=1S/C21H28N6O3/c1-16-13-18(29-2)3-4-19(16)23-21(28)27-7-5-25(6-8-27)17-14-20(24-22-15-17)26-9-11-30-12-10-26/h3-4,13-15H,5-12H2,1-2H3,(H,23,28). The Labute approximate surface area is 176 Å². The minimum atomic E-state index is -0.0789. The number of carbonyl (C=O) groups is 1. The minimum Gasteiger partial charge on any atom is -0.497 e. The molecular formula is C21H28N6O3. The zero-order valence-corrected chi connectivity index (χ0v) is 17.5. The second-order valence-corrected chi connectivity index (χ2v) is 7.46. The van der Waals surface area contributed by atoms with Gasteiger partial charge < -0.3 is 29.5 Å². The van der Waals surface area contributed by atoms with Crippen LogP contribution in [0, 0.1) is 6.92 Å². The lowest BCUT2D eigenvalue weighted by Crippen LogP contribution is -2.50. The molecule has 1 aromatic carbocycles. The number of anilines is 3. The second-order valence-electron chi connectivity index (χ2n) is 7.46. The van der Waals surface area contributed by atoms with Crippen LogP contribution >= 0.6 is 0 Å². The number of nitrogens with one attached hydrogen (secondary N) is 1. The summed E-state index contributed by atoms with van der Waals surface area (Å²) in [5.41, 5.74) is 2.81. The summed E-state index contributed by atoms with van der Waals surface area (Å²) in [7, 11) is 1.63. The van der Waals surface area contributed by atoms with Gasteiger partial charge in [0.25, 0.3) is 0 Å². The average molecular weight is 412 g/mol.